The van der Waals surface area contributed by atoms with Gasteiger partial charge >= 0.3 is 5.97 Å². The van der Waals surface area contributed by atoms with E-state index in [2.05, 4.69) is 0 Å². The molecule has 0 aromatic heterocycles. The second kappa shape index (κ2) is 5.69. The van der Waals surface area contributed by atoms with Gasteiger partial charge in [0.1, 0.15) is 0 Å². The Balaban J connectivity index is 1.85. The summed E-state index contributed by atoms with van der Waals surface area (Å²) in [5.41, 5.74) is 0. The van der Waals surface area contributed by atoms with Crippen LogP contribution in [0.3, 0.4) is 0 Å². The summed E-state index contributed by atoms with van der Waals surface area (Å²) in [6.07, 6.45) is 2.79. The predicted octanol–water partition coefficient (Wildman–Crippen LogP) is 1.12. The molecule has 1 saturated carbocycles. The van der Waals surface area contributed by atoms with Gasteiger partial charge < -0.3 is 14.7 Å². The van der Waals surface area contributed by atoms with Crippen LogP contribution in [0.2, 0.25) is 0 Å². The fourth-order valence-electron chi connectivity index (χ4n) is 2.86. The molecule has 1 N–H and O–H groups in total. The molecule has 2 fully saturated rings. The number of nitrogens with zero attached hydrogens (tertiary/aromatic N) is 1. The van der Waals surface area contributed by atoms with Gasteiger partial charge in [0, 0.05) is 19.0 Å². The molecule has 0 aromatic rings. The van der Waals surface area contributed by atoms with Crippen molar-refractivity contribution in [3.8, 4) is 0 Å². The number of hydrogen-bond donors (Lipinski definition) is 1. The van der Waals surface area contributed by atoms with Gasteiger partial charge in [-0.15, -0.1) is 0 Å². The number of carbonyl (C=O) groups excluding carboxylic acids is 1. The van der Waals surface area contributed by atoms with Gasteiger partial charge in [-0.05, 0) is 32.6 Å². The summed E-state index contributed by atoms with van der Waals surface area (Å²) in [4.78, 5) is 25.0. The quantitative estimate of drug-likeness (QED) is 0.803. The lowest BCUT2D eigenvalue weighted by atomic mass is 9.81. The fraction of sp³-hybridized carbons (Fsp3) is 0.846. The van der Waals surface area contributed by atoms with Gasteiger partial charge in [-0.25, -0.2) is 0 Å². The van der Waals surface area contributed by atoms with Gasteiger partial charge in [-0.1, -0.05) is 0 Å². The van der Waals surface area contributed by atoms with Crippen molar-refractivity contribution in [2.75, 3.05) is 19.7 Å². The van der Waals surface area contributed by atoms with E-state index in [0.717, 1.165) is 0 Å². The minimum atomic E-state index is -0.721. The summed E-state index contributed by atoms with van der Waals surface area (Å²) in [6, 6.07) is 0. The van der Waals surface area contributed by atoms with Crippen LogP contribution in [0.4, 0.5) is 0 Å². The highest BCUT2D eigenvalue weighted by molar-refractivity contribution is 5.79. The first-order valence-corrected chi connectivity index (χ1v) is 6.71. The summed E-state index contributed by atoms with van der Waals surface area (Å²) in [6.45, 7) is 3.91. The van der Waals surface area contributed by atoms with E-state index in [9.17, 15) is 9.59 Å². The number of carbonyl (C=O) groups is 2. The molecule has 1 aliphatic heterocycles. The van der Waals surface area contributed by atoms with Gasteiger partial charge in [0.05, 0.1) is 18.6 Å². The van der Waals surface area contributed by atoms with Crippen LogP contribution in [-0.2, 0) is 14.3 Å². The van der Waals surface area contributed by atoms with Crippen LogP contribution in [0.25, 0.3) is 0 Å². The van der Waals surface area contributed by atoms with Crippen LogP contribution >= 0.6 is 0 Å². The van der Waals surface area contributed by atoms with Gasteiger partial charge in [-0.3, -0.25) is 9.59 Å². The van der Waals surface area contributed by atoms with Crippen molar-refractivity contribution in [1.29, 1.82) is 0 Å². The average molecular weight is 255 g/mol. The lowest BCUT2D eigenvalue weighted by Crippen LogP contribution is -2.47. The molecule has 102 valence electrons. The molecular weight excluding hydrogens is 234 g/mol. The molecule has 2 rings (SSSR count). The summed E-state index contributed by atoms with van der Waals surface area (Å²) in [5.74, 6) is -0.765. The van der Waals surface area contributed by atoms with E-state index in [1.165, 1.54) is 0 Å². The van der Waals surface area contributed by atoms with E-state index in [-0.39, 0.29) is 23.8 Å². The third-order valence-corrected chi connectivity index (χ3v) is 3.98. The van der Waals surface area contributed by atoms with E-state index >= 15 is 0 Å². The monoisotopic (exact) mass is 255 g/mol. The van der Waals surface area contributed by atoms with Crippen molar-refractivity contribution in [1.82, 2.24) is 4.90 Å². The maximum atomic E-state index is 12.3. The van der Waals surface area contributed by atoms with Crippen molar-refractivity contribution in [2.45, 2.75) is 38.7 Å². The van der Waals surface area contributed by atoms with Gasteiger partial charge in [0.25, 0.3) is 0 Å². The Morgan fingerprint density at radius 2 is 1.78 bits per heavy atom. The number of amides is 1. The van der Waals surface area contributed by atoms with Gasteiger partial charge in [0.15, 0.2) is 0 Å². The lowest BCUT2D eigenvalue weighted by molar-refractivity contribution is -0.148. The predicted molar refractivity (Wildman–Crippen MR) is 65.1 cm³/mol. The molecule has 0 radical (unpaired) electrons. The van der Waals surface area contributed by atoms with Crippen LogP contribution in [-0.4, -0.2) is 47.7 Å². The maximum absolute atomic E-state index is 12.3. The summed E-state index contributed by atoms with van der Waals surface area (Å²) in [5, 5.41) is 8.93. The molecule has 1 amide bonds. The lowest BCUT2D eigenvalue weighted by Gasteiger charge is -2.35. The zero-order chi connectivity index (χ0) is 13.1. The number of rotatable bonds is 2. The molecule has 2 aliphatic rings. The third-order valence-electron chi connectivity index (χ3n) is 3.98. The summed E-state index contributed by atoms with van der Waals surface area (Å²) >= 11 is 0. The number of hydrogen-bond acceptors (Lipinski definition) is 3. The second-order valence-corrected chi connectivity index (χ2v) is 5.35. The standard InChI is InChI=1S/C13H21NO4/c1-9-8-14(6-7-18-9)12(15)10-2-4-11(5-3-10)13(16)17/h9-11H,2-8H2,1H3,(H,16,17). The molecule has 0 aromatic carbocycles. The zero-order valence-electron chi connectivity index (χ0n) is 10.8. The third kappa shape index (κ3) is 3.02. The number of carboxylic acid groups (broad SMARTS) is 1. The van der Waals surface area contributed by atoms with Crippen molar-refractivity contribution >= 4 is 11.9 Å². The van der Waals surface area contributed by atoms with Crippen molar-refractivity contribution in [2.24, 2.45) is 11.8 Å². The molecule has 1 aliphatic carbocycles. The highest BCUT2D eigenvalue weighted by Crippen LogP contribution is 2.30. The van der Waals surface area contributed by atoms with Crippen molar-refractivity contribution in [3.63, 3.8) is 0 Å². The minimum absolute atomic E-state index is 0.0194. The van der Waals surface area contributed by atoms with E-state index in [0.29, 0.717) is 45.4 Å². The Kier molecular flexibility index (Phi) is 4.22. The van der Waals surface area contributed by atoms with Crippen LogP contribution < -0.4 is 0 Å². The normalized spacial score (nSPS) is 33.2. The molecule has 0 bridgehead atoms. The molecule has 0 spiro atoms. The Morgan fingerprint density at radius 3 is 2.33 bits per heavy atom. The Bertz CT molecular complexity index is 323. The minimum Gasteiger partial charge on any atom is -0.481 e. The first-order valence-electron chi connectivity index (χ1n) is 6.71. The van der Waals surface area contributed by atoms with Crippen molar-refractivity contribution < 1.29 is 19.4 Å². The highest BCUT2D eigenvalue weighted by atomic mass is 16.5. The summed E-state index contributed by atoms with van der Waals surface area (Å²) in [7, 11) is 0. The largest absolute Gasteiger partial charge is 0.481 e. The Labute approximate surface area is 107 Å². The maximum Gasteiger partial charge on any atom is 0.306 e. The fourth-order valence-corrected chi connectivity index (χ4v) is 2.86. The van der Waals surface area contributed by atoms with E-state index in [1.54, 1.807) is 0 Å². The molecule has 5 nitrogen and oxygen atoms in total. The highest BCUT2D eigenvalue weighted by Gasteiger charge is 2.33. The van der Waals surface area contributed by atoms with Crippen molar-refractivity contribution in [3.05, 3.63) is 0 Å². The summed E-state index contributed by atoms with van der Waals surface area (Å²) < 4.78 is 5.42. The Hall–Kier alpha value is -1.10. The number of carboxylic acids is 1. The van der Waals surface area contributed by atoms with Crippen LogP contribution in [0.1, 0.15) is 32.6 Å². The smallest absolute Gasteiger partial charge is 0.306 e. The topological polar surface area (TPSA) is 66.8 Å². The Morgan fingerprint density at radius 1 is 1.17 bits per heavy atom. The number of morpholine rings is 1. The molecule has 5 heteroatoms. The molecular formula is C13H21NO4. The van der Waals surface area contributed by atoms with E-state index < -0.39 is 5.97 Å². The second-order valence-electron chi connectivity index (χ2n) is 5.35. The number of ether oxygens (including phenoxy) is 1. The van der Waals surface area contributed by atoms with Crippen LogP contribution in [0.15, 0.2) is 0 Å². The van der Waals surface area contributed by atoms with E-state index in [4.69, 9.17) is 9.84 Å². The van der Waals surface area contributed by atoms with Crippen LogP contribution in [0.5, 0.6) is 0 Å². The molecule has 18 heavy (non-hydrogen) atoms. The van der Waals surface area contributed by atoms with Gasteiger partial charge in [-0.2, -0.15) is 0 Å². The molecule has 1 heterocycles. The van der Waals surface area contributed by atoms with Crippen LogP contribution in [0, 0.1) is 11.8 Å². The zero-order valence-corrected chi connectivity index (χ0v) is 10.8. The molecule has 1 unspecified atom stereocenters. The SMILES string of the molecule is CC1CN(C(=O)C2CCC(C(=O)O)CC2)CCO1. The van der Waals surface area contributed by atoms with Gasteiger partial charge in [0.2, 0.25) is 5.91 Å². The average Bonchev–Trinajstić information content (AvgIpc) is 2.38. The number of aliphatic carboxylic acids is 1. The van der Waals surface area contributed by atoms with E-state index in [1.807, 2.05) is 11.8 Å². The molecule has 1 saturated heterocycles. The first-order chi connectivity index (χ1) is 8.58. The first kappa shape index (κ1) is 13.3. The molecule has 1 atom stereocenters.